The van der Waals surface area contributed by atoms with Crippen LogP contribution in [0.3, 0.4) is 0 Å². The van der Waals surface area contributed by atoms with Crippen LogP contribution in [0, 0.1) is 5.92 Å². The molecule has 0 bridgehead atoms. The zero-order valence-corrected chi connectivity index (χ0v) is 14.0. The molecular formula is C17H24BrNO2. The van der Waals surface area contributed by atoms with Crippen LogP contribution in [0.5, 0.6) is 11.5 Å². The molecule has 2 aliphatic rings. The van der Waals surface area contributed by atoms with E-state index in [-0.39, 0.29) is 6.04 Å². The second-order valence-corrected chi connectivity index (χ2v) is 7.07. The number of halogens is 1. The number of nitrogens with two attached hydrogens (primary N) is 1. The van der Waals surface area contributed by atoms with Crippen LogP contribution < -0.4 is 15.2 Å². The van der Waals surface area contributed by atoms with E-state index in [2.05, 4.69) is 22.0 Å². The second-order valence-electron chi connectivity index (χ2n) is 6.22. The van der Waals surface area contributed by atoms with Crippen LogP contribution in [0.1, 0.15) is 56.6 Å². The SMILES string of the molecule is NC(CC1CCCCC1)c1cc2c(cc1Br)OCCCO2. The van der Waals surface area contributed by atoms with Crippen molar-refractivity contribution >= 4 is 15.9 Å². The Morgan fingerprint density at radius 2 is 1.71 bits per heavy atom. The number of fused-ring (bicyclic) bond motifs is 1. The third-order valence-corrected chi connectivity index (χ3v) is 5.27. The normalized spacial score (nSPS) is 20.9. The van der Waals surface area contributed by atoms with Gasteiger partial charge in [0, 0.05) is 16.9 Å². The van der Waals surface area contributed by atoms with Gasteiger partial charge < -0.3 is 15.2 Å². The molecular weight excluding hydrogens is 330 g/mol. The first kappa shape index (κ1) is 15.2. The Labute approximate surface area is 135 Å². The first-order valence-corrected chi connectivity index (χ1v) is 8.88. The summed E-state index contributed by atoms with van der Waals surface area (Å²) in [5, 5.41) is 0. The van der Waals surface area contributed by atoms with Crippen molar-refractivity contribution in [1.29, 1.82) is 0 Å². The van der Waals surface area contributed by atoms with Gasteiger partial charge in [0.25, 0.3) is 0 Å². The Bertz CT molecular complexity index is 486. The maximum absolute atomic E-state index is 6.47. The summed E-state index contributed by atoms with van der Waals surface area (Å²) in [7, 11) is 0. The molecule has 21 heavy (non-hydrogen) atoms. The van der Waals surface area contributed by atoms with Gasteiger partial charge in [-0.25, -0.2) is 0 Å². The van der Waals surface area contributed by atoms with E-state index in [0.29, 0.717) is 13.2 Å². The van der Waals surface area contributed by atoms with Crippen LogP contribution >= 0.6 is 15.9 Å². The Morgan fingerprint density at radius 1 is 1.05 bits per heavy atom. The molecule has 1 aliphatic carbocycles. The van der Waals surface area contributed by atoms with Crippen molar-refractivity contribution < 1.29 is 9.47 Å². The summed E-state index contributed by atoms with van der Waals surface area (Å²) < 4.78 is 12.5. The van der Waals surface area contributed by atoms with Gasteiger partial charge in [0.15, 0.2) is 11.5 Å². The zero-order chi connectivity index (χ0) is 14.7. The van der Waals surface area contributed by atoms with Gasteiger partial charge >= 0.3 is 0 Å². The van der Waals surface area contributed by atoms with Crippen molar-refractivity contribution in [2.45, 2.75) is 51.0 Å². The highest BCUT2D eigenvalue weighted by Crippen LogP contribution is 2.39. The summed E-state index contributed by atoms with van der Waals surface area (Å²) in [4.78, 5) is 0. The quantitative estimate of drug-likeness (QED) is 0.864. The van der Waals surface area contributed by atoms with Gasteiger partial charge in [-0.05, 0) is 30.0 Å². The Morgan fingerprint density at radius 3 is 2.43 bits per heavy atom. The largest absolute Gasteiger partial charge is 0.490 e. The molecule has 2 N–H and O–H groups in total. The molecule has 0 spiro atoms. The summed E-state index contributed by atoms with van der Waals surface area (Å²) in [6, 6.07) is 4.15. The molecule has 3 rings (SSSR count). The fourth-order valence-electron chi connectivity index (χ4n) is 3.39. The predicted octanol–water partition coefficient (Wildman–Crippen LogP) is 4.58. The minimum atomic E-state index is 0.0691. The first-order chi connectivity index (χ1) is 10.2. The molecule has 1 heterocycles. The van der Waals surface area contributed by atoms with E-state index >= 15 is 0 Å². The third-order valence-electron chi connectivity index (χ3n) is 4.58. The summed E-state index contributed by atoms with van der Waals surface area (Å²) >= 11 is 3.65. The molecule has 4 heteroatoms. The number of hydrogen-bond donors (Lipinski definition) is 1. The Kier molecular flexibility index (Phi) is 5.07. The zero-order valence-electron chi connectivity index (χ0n) is 12.4. The van der Waals surface area contributed by atoms with Gasteiger partial charge in [-0.2, -0.15) is 0 Å². The van der Waals surface area contributed by atoms with Crippen LogP contribution in [0.4, 0.5) is 0 Å². The van der Waals surface area contributed by atoms with Gasteiger partial charge in [0.05, 0.1) is 13.2 Å². The fraction of sp³-hybridized carbons (Fsp3) is 0.647. The first-order valence-electron chi connectivity index (χ1n) is 8.08. The molecule has 1 saturated carbocycles. The summed E-state index contributed by atoms with van der Waals surface area (Å²) in [6.07, 6.45) is 8.76. The smallest absolute Gasteiger partial charge is 0.162 e. The van der Waals surface area contributed by atoms with Gasteiger partial charge in [0.2, 0.25) is 0 Å². The minimum Gasteiger partial charge on any atom is -0.490 e. The minimum absolute atomic E-state index is 0.0691. The monoisotopic (exact) mass is 353 g/mol. The standard InChI is InChI=1S/C17H24BrNO2/c18-14-11-17-16(20-7-4-8-21-17)10-13(14)15(19)9-12-5-2-1-3-6-12/h10-12,15H,1-9,19H2. The lowest BCUT2D eigenvalue weighted by Gasteiger charge is -2.25. The van der Waals surface area contributed by atoms with Crippen molar-refractivity contribution in [2.24, 2.45) is 11.7 Å². The van der Waals surface area contributed by atoms with Gasteiger partial charge in [-0.3, -0.25) is 0 Å². The van der Waals surface area contributed by atoms with Crippen LogP contribution in [0.2, 0.25) is 0 Å². The highest BCUT2D eigenvalue weighted by atomic mass is 79.9. The highest BCUT2D eigenvalue weighted by Gasteiger charge is 2.21. The van der Waals surface area contributed by atoms with E-state index in [1.54, 1.807) is 0 Å². The predicted molar refractivity (Wildman–Crippen MR) is 87.9 cm³/mol. The second kappa shape index (κ2) is 7.01. The molecule has 1 unspecified atom stereocenters. The molecule has 0 radical (unpaired) electrons. The van der Waals surface area contributed by atoms with Crippen LogP contribution in [0.25, 0.3) is 0 Å². The molecule has 1 aromatic rings. The average molecular weight is 354 g/mol. The van der Waals surface area contributed by atoms with Gasteiger partial charge in [0.1, 0.15) is 0 Å². The molecule has 0 amide bonds. The average Bonchev–Trinajstić information content (AvgIpc) is 2.72. The molecule has 1 aliphatic heterocycles. The summed E-state index contributed by atoms with van der Waals surface area (Å²) in [5.74, 6) is 2.44. The molecule has 116 valence electrons. The van der Waals surface area contributed by atoms with Gasteiger partial charge in [-0.15, -0.1) is 0 Å². The Balaban J connectivity index is 1.75. The van der Waals surface area contributed by atoms with Crippen LogP contribution in [-0.4, -0.2) is 13.2 Å². The number of rotatable bonds is 3. The molecule has 3 nitrogen and oxygen atoms in total. The molecule has 0 saturated heterocycles. The third kappa shape index (κ3) is 3.72. The molecule has 1 aromatic carbocycles. The van der Waals surface area contributed by atoms with Gasteiger partial charge in [-0.1, -0.05) is 48.0 Å². The van der Waals surface area contributed by atoms with Crippen LogP contribution in [-0.2, 0) is 0 Å². The van der Waals surface area contributed by atoms with E-state index in [1.165, 1.54) is 32.1 Å². The Hall–Kier alpha value is -0.740. The van der Waals surface area contributed by atoms with Crippen molar-refractivity contribution in [3.63, 3.8) is 0 Å². The maximum Gasteiger partial charge on any atom is 0.162 e. The number of hydrogen-bond acceptors (Lipinski definition) is 3. The number of benzene rings is 1. The maximum atomic E-state index is 6.47. The lowest BCUT2D eigenvalue weighted by Crippen LogP contribution is -2.18. The van der Waals surface area contributed by atoms with Crippen molar-refractivity contribution in [3.05, 3.63) is 22.2 Å². The fourth-order valence-corrected chi connectivity index (χ4v) is 4.01. The highest BCUT2D eigenvalue weighted by molar-refractivity contribution is 9.10. The topological polar surface area (TPSA) is 44.5 Å². The van der Waals surface area contributed by atoms with Crippen LogP contribution in [0.15, 0.2) is 16.6 Å². The van der Waals surface area contributed by atoms with Crippen molar-refractivity contribution in [1.82, 2.24) is 0 Å². The molecule has 1 fully saturated rings. The number of ether oxygens (including phenoxy) is 2. The van der Waals surface area contributed by atoms with Crippen molar-refractivity contribution in [3.8, 4) is 11.5 Å². The van der Waals surface area contributed by atoms with E-state index in [9.17, 15) is 0 Å². The summed E-state index contributed by atoms with van der Waals surface area (Å²) in [5.41, 5.74) is 7.62. The molecule has 1 atom stereocenters. The summed E-state index contributed by atoms with van der Waals surface area (Å²) in [6.45, 7) is 1.43. The lowest BCUT2D eigenvalue weighted by molar-refractivity contribution is 0.296. The molecule has 0 aromatic heterocycles. The van der Waals surface area contributed by atoms with E-state index in [1.807, 2.05) is 6.07 Å². The van der Waals surface area contributed by atoms with E-state index in [4.69, 9.17) is 15.2 Å². The van der Waals surface area contributed by atoms with E-state index < -0.39 is 0 Å². The van der Waals surface area contributed by atoms with Crippen molar-refractivity contribution in [2.75, 3.05) is 13.2 Å². The van der Waals surface area contributed by atoms with E-state index in [0.717, 1.165) is 40.3 Å². The lowest BCUT2D eigenvalue weighted by atomic mass is 9.83.